The summed E-state index contributed by atoms with van der Waals surface area (Å²) in [6.07, 6.45) is 3.99. The van der Waals surface area contributed by atoms with Gasteiger partial charge in [0.25, 0.3) is 0 Å². The second kappa shape index (κ2) is 4.86. The van der Waals surface area contributed by atoms with Crippen LogP contribution >= 0.6 is 11.9 Å². The number of nitrogens with one attached hydrogen (secondary N) is 1. The number of pyridine rings is 1. The summed E-state index contributed by atoms with van der Waals surface area (Å²) in [5.74, 6) is 1.11. The highest BCUT2D eigenvalue weighted by Gasteiger charge is 2.27. The standard InChI is InChI=1S/C13H21N3S/c1-13(2,3)10-5-6-14-12(7-10)16-8-11(9-16)15-17-4/h5-7,11,15H,8-9H2,1-4H3. The predicted octanol–water partition coefficient (Wildman–Crippen LogP) is 2.44. The van der Waals surface area contributed by atoms with E-state index in [-0.39, 0.29) is 5.41 Å². The summed E-state index contributed by atoms with van der Waals surface area (Å²) in [6.45, 7) is 8.82. The Balaban J connectivity index is 2.04. The number of rotatable bonds is 3. The van der Waals surface area contributed by atoms with Crippen LogP contribution in [0.25, 0.3) is 0 Å². The topological polar surface area (TPSA) is 28.2 Å². The monoisotopic (exact) mass is 251 g/mol. The van der Waals surface area contributed by atoms with Crippen LogP contribution in [0.1, 0.15) is 26.3 Å². The molecular formula is C13H21N3S. The molecule has 0 unspecified atom stereocenters. The van der Waals surface area contributed by atoms with E-state index in [2.05, 4.69) is 53.8 Å². The normalized spacial score (nSPS) is 17.1. The van der Waals surface area contributed by atoms with Crippen LogP contribution < -0.4 is 9.62 Å². The van der Waals surface area contributed by atoms with Gasteiger partial charge in [0.1, 0.15) is 5.82 Å². The van der Waals surface area contributed by atoms with E-state index in [9.17, 15) is 0 Å². The molecule has 1 aliphatic heterocycles. The molecule has 0 spiro atoms. The Kier molecular flexibility index (Phi) is 3.64. The molecule has 1 aromatic rings. The lowest BCUT2D eigenvalue weighted by Crippen LogP contribution is -2.56. The molecule has 17 heavy (non-hydrogen) atoms. The molecule has 0 bridgehead atoms. The average Bonchev–Trinajstić information content (AvgIpc) is 2.22. The fourth-order valence-electron chi connectivity index (χ4n) is 1.96. The van der Waals surface area contributed by atoms with Crippen molar-refractivity contribution in [1.29, 1.82) is 0 Å². The summed E-state index contributed by atoms with van der Waals surface area (Å²) in [5, 5.41) is 0. The van der Waals surface area contributed by atoms with Gasteiger partial charge in [-0.3, -0.25) is 4.72 Å². The first-order valence-electron chi connectivity index (χ1n) is 6.00. The molecule has 0 saturated carbocycles. The fraction of sp³-hybridized carbons (Fsp3) is 0.615. The van der Waals surface area contributed by atoms with Gasteiger partial charge in [-0.1, -0.05) is 32.7 Å². The minimum Gasteiger partial charge on any atom is -0.353 e. The zero-order valence-corrected chi connectivity index (χ0v) is 11.8. The summed E-state index contributed by atoms with van der Waals surface area (Å²) in [5.41, 5.74) is 1.54. The number of hydrogen-bond acceptors (Lipinski definition) is 4. The Morgan fingerprint density at radius 3 is 2.71 bits per heavy atom. The molecular weight excluding hydrogens is 230 g/mol. The van der Waals surface area contributed by atoms with Crippen LogP contribution in [0.3, 0.4) is 0 Å². The van der Waals surface area contributed by atoms with E-state index < -0.39 is 0 Å². The van der Waals surface area contributed by atoms with Crippen molar-refractivity contribution in [2.24, 2.45) is 0 Å². The van der Waals surface area contributed by atoms with Gasteiger partial charge in [-0.2, -0.15) is 0 Å². The molecule has 1 aliphatic rings. The smallest absolute Gasteiger partial charge is 0.128 e. The van der Waals surface area contributed by atoms with Gasteiger partial charge in [0.15, 0.2) is 0 Å². The lowest BCUT2D eigenvalue weighted by Gasteiger charge is -2.40. The summed E-state index contributed by atoms with van der Waals surface area (Å²) in [6, 6.07) is 4.93. The maximum Gasteiger partial charge on any atom is 0.128 e. The molecule has 0 atom stereocenters. The van der Waals surface area contributed by atoms with Crippen molar-refractivity contribution in [3.63, 3.8) is 0 Å². The summed E-state index contributed by atoms with van der Waals surface area (Å²) < 4.78 is 3.37. The van der Waals surface area contributed by atoms with Crippen molar-refractivity contribution in [2.45, 2.75) is 32.2 Å². The number of anilines is 1. The Hall–Kier alpha value is -0.740. The van der Waals surface area contributed by atoms with Crippen LogP contribution in [-0.4, -0.2) is 30.4 Å². The van der Waals surface area contributed by atoms with Crippen molar-refractivity contribution < 1.29 is 0 Å². The van der Waals surface area contributed by atoms with Gasteiger partial charge in [-0.05, 0) is 29.4 Å². The highest BCUT2D eigenvalue weighted by Crippen LogP contribution is 2.26. The zero-order chi connectivity index (χ0) is 12.5. The molecule has 4 heteroatoms. The maximum absolute atomic E-state index is 4.46. The van der Waals surface area contributed by atoms with E-state index in [1.807, 2.05) is 6.20 Å². The quantitative estimate of drug-likeness (QED) is 0.835. The van der Waals surface area contributed by atoms with E-state index in [0.717, 1.165) is 18.9 Å². The highest BCUT2D eigenvalue weighted by molar-refractivity contribution is 7.96. The molecule has 0 aliphatic carbocycles. The van der Waals surface area contributed by atoms with Gasteiger partial charge in [-0.25, -0.2) is 4.98 Å². The van der Waals surface area contributed by atoms with Crippen LogP contribution in [-0.2, 0) is 5.41 Å². The first-order chi connectivity index (χ1) is 8.00. The highest BCUT2D eigenvalue weighted by atomic mass is 32.2. The molecule has 0 radical (unpaired) electrons. The van der Waals surface area contributed by atoms with Gasteiger partial charge in [0.2, 0.25) is 0 Å². The van der Waals surface area contributed by atoms with Crippen molar-refractivity contribution >= 4 is 17.8 Å². The molecule has 3 nitrogen and oxygen atoms in total. The maximum atomic E-state index is 4.46. The van der Waals surface area contributed by atoms with Crippen molar-refractivity contribution in [2.75, 3.05) is 24.2 Å². The second-order valence-electron chi connectivity index (χ2n) is 5.58. The zero-order valence-electron chi connectivity index (χ0n) is 11.0. The largest absolute Gasteiger partial charge is 0.353 e. The van der Waals surface area contributed by atoms with Gasteiger partial charge in [-0.15, -0.1) is 0 Å². The Labute approximate surface area is 108 Å². The van der Waals surface area contributed by atoms with Crippen LogP contribution in [0.2, 0.25) is 0 Å². The predicted molar refractivity (Wildman–Crippen MR) is 75.6 cm³/mol. The van der Waals surface area contributed by atoms with E-state index in [0.29, 0.717) is 6.04 Å². The lowest BCUT2D eigenvalue weighted by atomic mass is 9.87. The third-order valence-corrected chi connectivity index (χ3v) is 3.67. The van der Waals surface area contributed by atoms with Gasteiger partial charge >= 0.3 is 0 Å². The molecule has 2 rings (SSSR count). The first kappa shape index (κ1) is 12.7. The van der Waals surface area contributed by atoms with Crippen molar-refractivity contribution in [1.82, 2.24) is 9.71 Å². The number of hydrogen-bond donors (Lipinski definition) is 1. The summed E-state index contributed by atoms with van der Waals surface area (Å²) in [4.78, 5) is 6.78. The summed E-state index contributed by atoms with van der Waals surface area (Å²) >= 11 is 1.69. The second-order valence-corrected chi connectivity index (χ2v) is 6.22. The molecule has 0 amide bonds. The van der Waals surface area contributed by atoms with Crippen molar-refractivity contribution in [3.05, 3.63) is 23.9 Å². The van der Waals surface area contributed by atoms with Crippen LogP contribution in [0, 0.1) is 0 Å². The minimum atomic E-state index is 0.194. The third kappa shape index (κ3) is 2.93. The number of aromatic nitrogens is 1. The van der Waals surface area contributed by atoms with E-state index in [1.165, 1.54) is 5.56 Å². The fourth-order valence-corrected chi connectivity index (χ4v) is 2.45. The number of nitrogens with zero attached hydrogens (tertiary/aromatic N) is 2. The van der Waals surface area contributed by atoms with E-state index >= 15 is 0 Å². The van der Waals surface area contributed by atoms with Crippen LogP contribution in [0.15, 0.2) is 18.3 Å². The summed E-state index contributed by atoms with van der Waals surface area (Å²) in [7, 11) is 0. The first-order valence-corrected chi connectivity index (χ1v) is 7.23. The lowest BCUT2D eigenvalue weighted by molar-refractivity contribution is 0.488. The molecule has 1 N–H and O–H groups in total. The third-order valence-electron chi connectivity index (χ3n) is 3.10. The van der Waals surface area contributed by atoms with Crippen LogP contribution in [0.5, 0.6) is 0 Å². The molecule has 94 valence electrons. The SMILES string of the molecule is CSNC1CN(c2cc(C(C)(C)C)ccn2)C1. The van der Waals surface area contributed by atoms with Crippen LogP contribution in [0.4, 0.5) is 5.82 Å². The molecule has 1 saturated heterocycles. The average molecular weight is 251 g/mol. The molecule has 2 heterocycles. The van der Waals surface area contributed by atoms with E-state index in [1.54, 1.807) is 11.9 Å². The Morgan fingerprint density at radius 1 is 1.41 bits per heavy atom. The van der Waals surface area contributed by atoms with E-state index in [4.69, 9.17) is 0 Å². The Morgan fingerprint density at radius 2 is 2.12 bits per heavy atom. The van der Waals surface area contributed by atoms with Gasteiger partial charge in [0, 0.05) is 19.3 Å². The van der Waals surface area contributed by atoms with Gasteiger partial charge < -0.3 is 4.90 Å². The molecule has 1 aromatic heterocycles. The molecule has 0 aromatic carbocycles. The van der Waals surface area contributed by atoms with Crippen molar-refractivity contribution in [3.8, 4) is 0 Å². The van der Waals surface area contributed by atoms with Gasteiger partial charge in [0.05, 0.1) is 6.04 Å². The molecule has 1 fully saturated rings. The minimum absolute atomic E-state index is 0.194. The Bertz CT molecular complexity index is 380.